The van der Waals surface area contributed by atoms with Crippen molar-refractivity contribution in [3.8, 4) is 6.07 Å². The topological polar surface area (TPSA) is 103 Å². The average Bonchev–Trinajstić information content (AvgIpc) is 2.17. The maximum atomic E-state index is 12.6. The lowest BCUT2D eigenvalue weighted by atomic mass is 10.1. The zero-order chi connectivity index (χ0) is 11.4. The van der Waals surface area contributed by atoms with Crippen LogP contribution < -0.4 is 5.73 Å². The molecule has 4 N–H and O–H groups in total. The van der Waals surface area contributed by atoms with Gasteiger partial charge in [0.2, 0.25) is 0 Å². The van der Waals surface area contributed by atoms with Crippen LogP contribution in [-0.4, -0.2) is 21.3 Å². The van der Waals surface area contributed by atoms with Gasteiger partial charge in [0, 0.05) is 6.07 Å². The van der Waals surface area contributed by atoms with Crippen LogP contribution in [0.2, 0.25) is 0 Å². The molecule has 5 nitrogen and oxygen atoms in total. The number of aromatic nitrogens is 1. The molecule has 0 bridgehead atoms. The third-order valence-electron chi connectivity index (χ3n) is 1.86. The molecule has 80 valence electrons. The molecule has 1 aromatic heterocycles. The molecule has 0 aliphatic heterocycles. The van der Waals surface area contributed by atoms with Gasteiger partial charge in [0.15, 0.2) is 0 Å². The van der Waals surface area contributed by atoms with Crippen LogP contribution >= 0.6 is 0 Å². The summed E-state index contributed by atoms with van der Waals surface area (Å²) in [6.45, 7) is 0. The van der Waals surface area contributed by atoms with Crippen LogP contribution in [0.3, 0.4) is 0 Å². The zero-order valence-corrected chi connectivity index (χ0v) is 7.76. The van der Waals surface area contributed by atoms with Crippen molar-refractivity contribution in [1.29, 1.82) is 5.26 Å². The quantitative estimate of drug-likeness (QED) is 0.658. The third kappa shape index (κ3) is 2.62. The first-order valence-corrected chi connectivity index (χ1v) is 4.20. The molecule has 2 atom stereocenters. The fraction of sp³-hybridized carbons (Fsp3) is 0.333. The molecule has 0 saturated carbocycles. The highest BCUT2D eigenvalue weighted by molar-refractivity contribution is 5.44. The summed E-state index contributed by atoms with van der Waals surface area (Å²) in [6, 6.07) is 2.69. The molecule has 6 heteroatoms. The summed E-state index contributed by atoms with van der Waals surface area (Å²) < 4.78 is 12.6. The molecule has 0 aliphatic rings. The highest BCUT2D eigenvalue weighted by Crippen LogP contribution is 2.22. The van der Waals surface area contributed by atoms with Crippen LogP contribution in [0.4, 0.5) is 10.1 Å². The third-order valence-corrected chi connectivity index (χ3v) is 1.86. The van der Waals surface area contributed by atoms with E-state index < -0.39 is 18.0 Å². The average molecular weight is 211 g/mol. The van der Waals surface area contributed by atoms with Gasteiger partial charge in [-0.15, -0.1) is 0 Å². The predicted molar refractivity (Wildman–Crippen MR) is 49.8 cm³/mol. The minimum Gasteiger partial charge on any atom is -0.397 e. The fourth-order valence-electron chi connectivity index (χ4n) is 1.10. The molecule has 1 rings (SSSR count). The largest absolute Gasteiger partial charge is 0.397 e. The van der Waals surface area contributed by atoms with Crippen LogP contribution in [0.5, 0.6) is 0 Å². The van der Waals surface area contributed by atoms with E-state index in [1.54, 1.807) is 6.07 Å². The van der Waals surface area contributed by atoms with E-state index in [9.17, 15) is 14.6 Å². The van der Waals surface area contributed by atoms with Gasteiger partial charge in [-0.3, -0.25) is 4.98 Å². The molecule has 0 fully saturated rings. The summed E-state index contributed by atoms with van der Waals surface area (Å²) in [4.78, 5) is 3.56. The number of aliphatic hydroxyl groups is 2. The summed E-state index contributed by atoms with van der Waals surface area (Å²) >= 11 is 0. The second-order valence-corrected chi connectivity index (χ2v) is 3.00. The fourth-order valence-corrected chi connectivity index (χ4v) is 1.10. The Hall–Kier alpha value is -1.71. The molecule has 1 heterocycles. The minimum atomic E-state index is -1.38. The highest BCUT2D eigenvalue weighted by atomic mass is 19.1. The van der Waals surface area contributed by atoms with E-state index >= 15 is 0 Å². The van der Waals surface area contributed by atoms with E-state index in [1.165, 1.54) is 0 Å². The smallest absolute Gasteiger partial charge is 0.143 e. The van der Waals surface area contributed by atoms with Crippen molar-refractivity contribution in [1.82, 2.24) is 4.98 Å². The maximum absolute atomic E-state index is 12.6. The maximum Gasteiger partial charge on any atom is 0.143 e. The van der Waals surface area contributed by atoms with Gasteiger partial charge in [-0.25, -0.2) is 4.39 Å². The molecule has 0 radical (unpaired) electrons. The number of hydrogen-bond donors (Lipinski definition) is 3. The van der Waals surface area contributed by atoms with E-state index in [2.05, 4.69) is 4.98 Å². The van der Waals surface area contributed by atoms with Gasteiger partial charge in [0.1, 0.15) is 11.9 Å². The standard InChI is InChI=1S/C9H10FN3O2/c10-5-3-6(12)8(13-4-5)9(15)7(14)1-2-11/h3-4,7,9,14-15H,1,12H2. The molecule has 0 saturated heterocycles. The highest BCUT2D eigenvalue weighted by Gasteiger charge is 2.21. The molecule has 0 aliphatic carbocycles. The zero-order valence-electron chi connectivity index (χ0n) is 7.76. The van der Waals surface area contributed by atoms with E-state index in [1.807, 2.05) is 0 Å². The Balaban J connectivity index is 2.91. The molecule has 0 aromatic carbocycles. The first-order valence-electron chi connectivity index (χ1n) is 4.20. The Morgan fingerprint density at radius 2 is 2.27 bits per heavy atom. The van der Waals surface area contributed by atoms with Crippen LogP contribution in [0.25, 0.3) is 0 Å². The Morgan fingerprint density at radius 3 is 2.80 bits per heavy atom. The van der Waals surface area contributed by atoms with Gasteiger partial charge in [-0.1, -0.05) is 0 Å². The van der Waals surface area contributed by atoms with Crippen molar-refractivity contribution in [3.63, 3.8) is 0 Å². The number of nitrogens with two attached hydrogens (primary N) is 1. The number of hydrogen-bond acceptors (Lipinski definition) is 5. The van der Waals surface area contributed by atoms with Gasteiger partial charge < -0.3 is 15.9 Å². The van der Waals surface area contributed by atoms with Crippen LogP contribution in [-0.2, 0) is 0 Å². The van der Waals surface area contributed by atoms with Gasteiger partial charge >= 0.3 is 0 Å². The Labute approximate surface area is 85.6 Å². The van der Waals surface area contributed by atoms with Crippen LogP contribution in [0.1, 0.15) is 18.2 Å². The second kappa shape index (κ2) is 4.68. The van der Waals surface area contributed by atoms with E-state index in [0.29, 0.717) is 0 Å². The van der Waals surface area contributed by atoms with E-state index in [4.69, 9.17) is 11.0 Å². The van der Waals surface area contributed by atoms with Crippen molar-refractivity contribution in [2.75, 3.05) is 5.73 Å². The van der Waals surface area contributed by atoms with Gasteiger partial charge in [0.05, 0.1) is 36.2 Å². The predicted octanol–water partition coefficient (Wildman–Crippen LogP) is 0.111. The van der Waals surface area contributed by atoms with Gasteiger partial charge in [-0.05, 0) is 0 Å². The van der Waals surface area contributed by atoms with Crippen molar-refractivity contribution in [2.24, 2.45) is 0 Å². The summed E-state index contributed by atoms with van der Waals surface area (Å²) in [5, 5.41) is 27.1. The van der Waals surface area contributed by atoms with Crippen molar-refractivity contribution >= 4 is 5.69 Å². The molecule has 15 heavy (non-hydrogen) atoms. The van der Waals surface area contributed by atoms with Crippen LogP contribution in [0.15, 0.2) is 12.3 Å². The van der Waals surface area contributed by atoms with Crippen molar-refractivity contribution in [3.05, 3.63) is 23.8 Å². The van der Waals surface area contributed by atoms with Gasteiger partial charge in [0.25, 0.3) is 0 Å². The number of rotatable bonds is 3. The molecule has 0 amide bonds. The SMILES string of the molecule is N#CCC(O)C(O)c1ncc(F)cc1N. The number of pyridine rings is 1. The lowest BCUT2D eigenvalue weighted by Crippen LogP contribution is -2.20. The van der Waals surface area contributed by atoms with E-state index in [-0.39, 0.29) is 17.8 Å². The molecule has 0 spiro atoms. The van der Waals surface area contributed by atoms with Crippen molar-refractivity contribution < 1.29 is 14.6 Å². The van der Waals surface area contributed by atoms with Crippen LogP contribution in [0, 0.1) is 17.1 Å². The first-order chi connectivity index (χ1) is 7.06. The number of nitrogens with zero attached hydrogens (tertiary/aromatic N) is 2. The first kappa shape index (κ1) is 11.4. The Morgan fingerprint density at radius 1 is 1.60 bits per heavy atom. The lowest BCUT2D eigenvalue weighted by Gasteiger charge is -2.15. The number of nitriles is 1. The summed E-state index contributed by atoms with van der Waals surface area (Å²) in [7, 11) is 0. The number of anilines is 1. The van der Waals surface area contributed by atoms with E-state index in [0.717, 1.165) is 12.3 Å². The molecular weight excluding hydrogens is 201 g/mol. The molecular formula is C9H10FN3O2. The summed E-state index contributed by atoms with van der Waals surface area (Å²) in [5.74, 6) is -0.627. The molecule has 1 aromatic rings. The number of halogens is 1. The number of aliphatic hydroxyl groups excluding tert-OH is 2. The number of nitrogen functional groups attached to an aromatic ring is 1. The Kier molecular flexibility index (Phi) is 3.55. The molecule has 2 unspecified atom stereocenters. The summed E-state index contributed by atoms with van der Waals surface area (Å²) in [6.07, 6.45) is -2.03. The van der Waals surface area contributed by atoms with Crippen molar-refractivity contribution in [2.45, 2.75) is 18.6 Å². The Bertz CT molecular complexity index is 391. The van der Waals surface area contributed by atoms with Gasteiger partial charge in [-0.2, -0.15) is 5.26 Å². The summed E-state index contributed by atoms with van der Waals surface area (Å²) in [5.41, 5.74) is 5.32. The minimum absolute atomic E-state index is 0.0286. The second-order valence-electron chi connectivity index (χ2n) is 3.00. The monoisotopic (exact) mass is 211 g/mol. The normalized spacial score (nSPS) is 14.3. The lowest BCUT2D eigenvalue weighted by molar-refractivity contribution is 0.0194.